The van der Waals surface area contributed by atoms with Crippen molar-refractivity contribution in [3.63, 3.8) is 0 Å². The third kappa shape index (κ3) is 3.81. The van der Waals surface area contributed by atoms with Crippen LogP contribution in [0.5, 0.6) is 0 Å². The van der Waals surface area contributed by atoms with Crippen LogP contribution < -0.4 is 5.11 Å². The summed E-state index contributed by atoms with van der Waals surface area (Å²) in [5, 5.41) is 10.5. The lowest BCUT2D eigenvalue weighted by Gasteiger charge is -2.53. The van der Waals surface area contributed by atoms with Gasteiger partial charge in [-0.15, -0.1) is 0 Å². The summed E-state index contributed by atoms with van der Waals surface area (Å²) in [5.41, 5.74) is -5.18. The molecule has 11 heteroatoms. The summed E-state index contributed by atoms with van der Waals surface area (Å²) in [7, 11) is 0. The molecule has 160 valence electrons. The Morgan fingerprint density at radius 2 is 1.32 bits per heavy atom. The summed E-state index contributed by atoms with van der Waals surface area (Å²) in [6, 6.07) is 0. The first kappa shape index (κ1) is 21.2. The van der Waals surface area contributed by atoms with E-state index in [9.17, 15) is 41.0 Å². The molecule has 0 atom stereocenters. The van der Waals surface area contributed by atoms with Gasteiger partial charge in [0.05, 0.1) is 6.10 Å². The number of ether oxygens (including phenoxy) is 2. The fourth-order valence-corrected chi connectivity index (χ4v) is 5.25. The largest absolute Gasteiger partial charge is 0.550 e. The van der Waals surface area contributed by atoms with E-state index in [1.54, 1.807) is 0 Å². The molecule has 5 nitrogen and oxygen atoms in total. The molecule has 4 bridgehead atoms. The summed E-state index contributed by atoms with van der Waals surface area (Å²) in [5.74, 6) is -3.19. The number of aliphatic carboxylic acids is 1. The predicted molar refractivity (Wildman–Crippen MR) is 77.3 cm³/mol. The Kier molecular flexibility index (Phi) is 5.35. The van der Waals surface area contributed by atoms with Gasteiger partial charge in [-0.3, -0.25) is 0 Å². The molecule has 0 aliphatic heterocycles. The van der Waals surface area contributed by atoms with Crippen LogP contribution >= 0.6 is 0 Å². The fraction of sp³-hybridized carbons (Fsp3) is 0.882. The van der Waals surface area contributed by atoms with Crippen molar-refractivity contribution < 1.29 is 50.5 Å². The number of carboxylic acids is 1. The van der Waals surface area contributed by atoms with Crippen LogP contribution in [0.15, 0.2) is 0 Å². The van der Waals surface area contributed by atoms with Gasteiger partial charge in [0.25, 0.3) is 0 Å². The van der Waals surface area contributed by atoms with Crippen molar-refractivity contribution in [1.82, 2.24) is 0 Å². The summed E-state index contributed by atoms with van der Waals surface area (Å²) in [4.78, 5) is 22.3. The van der Waals surface area contributed by atoms with Gasteiger partial charge >= 0.3 is 23.9 Å². The minimum Gasteiger partial charge on any atom is -0.550 e. The van der Waals surface area contributed by atoms with Gasteiger partial charge in [0.2, 0.25) is 0 Å². The van der Waals surface area contributed by atoms with Crippen LogP contribution in [0.3, 0.4) is 0 Å². The van der Waals surface area contributed by atoms with Crippen molar-refractivity contribution in [3.8, 4) is 0 Å². The number of carbonyl (C=O) groups excluding carboxylic acids is 2. The fourth-order valence-electron chi connectivity index (χ4n) is 5.25. The number of halogens is 6. The van der Waals surface area contributed by atoms with Crippen LogP contribution in [0.1, 0.15) is 38.5 Å². The zero-order chi connectivity index (χ0) is 20.9. The van der Waals surface area contributed by atoms with Crippen molar-refractivity contribution in [3.05, 3.63) is 0 Å². The van der Waals surface area contributed by atoms with Crippen LogP contribution in [-0.2, 0) is 19.1 Å². The van der Waals surface area contributed by atoms with Crippen LogP contribution in [0.4, 0.5) is 26.3 Å². The van der Waals surface area contributed by atoms with E-state index in [0.29, 0.717) is 11.8 Å². The second kappa shape index (κ2) is 7.07. The average molecular weight is 417 g/mol. The molecule has 0 saturated heterocycles. The second-order valence-corrected chi connectivity index (χ2v) is 8.05. The first-order valence-corrected chi connectivity index (χ1v) is 8.99. The van der Waals surface area contributed by atoms with E-state index in [4.69, 9.17) is 4.74 Å². The molecule has 0 unspecified atom stereocenters. The van der Waals surface area contributed by atoms with Crippen molar-refractivity contribution >= 4 is 11.9 Å². The summed E-state index contributed by atoms with van der Waals surface area (Å²) < 4.78 is 87.6. The molecule has 0 radical (unpaired) electrons. The molecule has 0 aromatic carbocycles. The Bertz CT molecular complexity index is 587. The molecule has 0 spiro atoms. The zero-order valence-electron chi connectivity index (χ0n) is 14.6. The van der Waals surface area contributed by atoms with Gasteiger partial charge in [-0.05, 0) is 55.8 Å². The maximum Gasteiger partial charge on any atom is 0.437 e. The molecule has 4 aliphatic carbocycles. The van der Waals surface area contributed by atoms with Crippen LogP contribution in [0.25, 0.3) is 0 Å². The summed E-state index contributed by atoms with van der Waals surface area (Å²) >= 11 is 0. The van der Waals surface area contributed by atoms with Crippen LogP contribution in [0, 0.1) is 23.7 Å². The standard InChI is InChI=1S/C17H20F6O5/c18-16(19,20)15(6-12(24)25,17(21,22)23)28-13(26)7-27-14-10-2-8-1-9(4-10)5-11(14)3-8/h8-11,14H,1-7H2,(H,24,25)/p-1. The summed E-state index contributed by atoms with van der Waals surface area (Å²) in [6.45, 7) is -1.10. The van der Waals surface area contributed by atoms with Crippen molar-refractivity contribution in [2.45, 2.75) is 62.6 Å². The van der Waals surface area contributed by atoms with E-state index in [-0.39, 0.29) is 11.8 Å². The highest BCUT2D eigenvalue weighted by Gasteiger charge is 2.74. The van der Waals surface area contributed by atoms with E-state index >= 15 is 0 Å². The number of carboxylic acid groups (broad SMARTS) is 1. The smallest absolute Gasteiger partial charge is 0.437 e. The average Bonchev–Trinajstić information content (AvgIpc) is 2.50. The molecule has 4 aliphatic rings. The van der Waals surface area contributed by atoms with E-state index in [2.05, 4.69) is 4.74 Å². The van der Waals surface area contributed by atoms with Gasteiger partial charge in [-0.2, -0.15) is 26.3 Å². The molecule has 4 fully saturated rings. The number of hydrogen-bond acceptors (Lipinski definition) is 5. The molecular formula is C17H19F6O5-. The Hall–Kier alpha value is -1.52. The molecule has 0 heterocycles. The molecule has 28 heavy (non-hydrogen) atoms. The number of hydrogen-bond donors (Lipinski definition) is 0. The lowest BCUT2D eigenvalue weighted by Crippen LogP contribution is -2.62. The highest BCUT2D eigenvalue weighted by atomic mass is 19.4. The lowest BCUT2D eigenvalue weighted by molar-refractivity contribution is -0.381. The SMILES string of the molecule is O=C([O-])CC(OC(=O)COC1C2CC3CC(C2)CC1C3)(C(F)(F)F)C(F)(F)F. The number of alkyl halides is 6. The molecular weight excluding hydrogens is 398 g/mol. The Morgan fingerprint density at radius 3 is 1.71 bits per heavy atom. The predicted octanol–water partition coefficient (Wildman–Crippen LogP) is 2.37. The molecule has 0 aromatic rings. The quantitative estimate of drug-likeness (QED) is 0.490. The van der Waals surface area contributed by atoms with E-state index in [0.717, 1.165) is 32.1 Å². The van der Waals surface area contributed by atoms with Crippen molar-refractivity contribution in [2.24, 2.45) is 23.7 Å². The first-order valence-electron chi connectivity index (χ1n) is 8.99. The minimum atomic E-state index is -6.19. The normalized spacial score (nSPS) is 32.4. The zero-order valence-corrected chi connectivity index (χ0v) is 14.6. The maximum atomic E-state index is 13.1. The number of esters is 1. The molecule has 0 N–H and O–H groups in total. The number of carbonyl (C=O) groups is 2. The van der Waals surface area contributed by atoms with Crippen molar-refractivity contribution in [1.29, 1.82) is 0 Å². The Balaban J connectivity index is 1.68. The van der Waals surface area contributed by atoms with Crippen molar-refractivity contribution in [2.75, 3.05) is 6.61 Å². The monoisotopic (exact) mass is 417 g/mol. The Morgan fingerprint density at radius 1 is 0.857 bits per heavy atom. The van der Waals surface area contributed by atoms with Gasteiger partial charge in [-0.1, -0.05) is 0 Å². The molecule has 0 aromatic heterocycles. The summed E-state index contributed by atoms with van der Waals surface area (Å²) in [6.07, 6.45) is -10.8. The van der Waals surface area contributed by atoms with Gasteiger partial charge < -0.3 is 19.4 Å². The van der Waals surface area contributed by atoms with Crippen LogP contribution in [-0.4, -0.2) is 42.6 Å². The van der Waals surface area contributed by atoms with Gasteiger partial charge in [-0.25, -0.2) is 4.79 Å². The van der Waals surface area contributed by atoms with Gasteiger partial charge in [0.1, 0.15) is 6.61 Å². The first-order chi connectivity index (χ1) is 12.8. The van der Waals surface area contributed by atoms with Gasteiger partial charge in [0, 0.05) is 12.4 Å². The molecule has 4 saturated carbocycles. The maximum absolute atomic E-state index is 13.1. The molecule has 0 amide bonds. The second-order valence-electron chi connectivity index (χ2n) is 8.05. The third-order valence-corrected chi connectivity index (χ3v) is 6.13. The number of rotatable bonds is 6. The van der Waals surface area contributed by atoms with Gasteiger partial charge in [0.15, 0.2) is 0 Å². The minimum absolute atomic E-state index is 0.127. The molecule has 4 rings (SSSR count). The highest BCUT2D eigenvalue weighted by Crippen LogP contribution is 2.54. The third-order valence-electron chi connectivity index (χ3n) is 6.13. The van der Waals surface area contributed by atoms with Crippen LogP contribution in [0.2, 0.25) is 0 Å². The highest BCUT2D eigenvalue weighted by molar-refractivity contribution is 5.73. The topological polar surface area (TPSA) is 75.7 Å². The van der Waals surface area contributed by atoms with E-state index in [1.165, 1.54) is 0 Å². The van der Waals surface area contributed by atoms with E-state index < -0.39 is 49.0 Å². The van der Waals surface area contributed by atoms with E-state index in [1.807, 2.05) is 0 Å². The Labute approximate surface area is 156 Å². The lowest BCUT2D eigenvalue weighted by atomic mass is 9.55.